The fourth-order valence-electron chi connectivity index (χ4n) is 1.80. The van der Waals surface area contributed by atoms with Crippen molar-refractivity contribution in [2.24, 2.45) is 0 Å². The molecule has 0 aliphatic carbocycles. The summed E-state index contributed by atoms with van der Waals surface area (Å²) in [6, 6.07) is 8.98. The second-order valence-electron chi connectivity index (χ2n) is 4.16. The summed E-state index contributed by atoms with van der Waals surface area (Å²) in [5.41, 5.74) is 2.31. The predicted molar refractivity (Wildman–Crippen MR) is 87.1 cm³/mol. The Morgan fingerprint density at radius 3 is 2.21 bits per heavy atom. The predicted octanol–water partition coefficient (Wildman–Crippen LogP) is 5.91. The largest absolute Gasteiger partial charge is 0.384 e. The smallest absolute Gasteiger partial charge is 0.108 e. The molecule has 1 nitrogen and oxygen atoms in total. The quantitative estimate of drug-likeness (QED) is 0.635. The molecule has 5 heteroatoms. The van der Waals surface area contributed by atoms with Crippen molar-refractivity contribution in [3.05, 3.63) is 66.0 Å². The molecule has 2 rings (SSSR count). The molecule has 1 unspecified atom stereocenters. The summed E-state index contributed by atoms with van der Waals surface area (Å²) in [5, 5.41) is 11.4. The topological polar surface area (TPSA) is 20.2 Å². The minimum Gasteiger partial charge on any atom is -0.384 e. The highest BCUT2D eigenvalue weighted by atomic mass is 79.9. The van der Waals surface area contributed by atoms with Crippen molar-refractivity contribution in [1.82, 2.24) is 0 Å². The molecule has 0 aliphatic rings. The van der Waals surface area contributed by atoms with Crippen LogP contribution in [0.15, 0.2) is 39.3 Å². The van der Waals surface area contributed by atoms with E-state index in [0.717, 1.165) is 14.5 Å². The summed E-state index contributed by atoms with van der Waals surface area (Å²) in [7, 11) is 0. The van der Waals surface area contributed by atoms with Crippen molar-refractivity contribution >= 4 is 55.1 Å². The van der Waals surface area contributed by atoms with Gasteiger partial charge in [-0.05, 0) is 36.8 Å². The van der Waals surface area contributed by atoms with Gasteiger partial charge in [-0.25, -0.2) is 0 Å². The Hall–Kier alpha value is -0.0600. The average Bonchev–Trinajstić information content (AvgIpc) is 2.33. The fraction of sp³-hybridized carbons (Fsp3) is 0.143. The van der Waals surface area contributed by atoms with Crippen LogP contribution >= 0.6 is 55.1 Å². The molecule has 0 heterocycles. The molecule has 0 radical (unpaired) electrons. The Bertz CT molecular complexity index is 609. The van der Waals surface area contributed by atoms with Gasteiger partial charge in [-0.15, -0.1) is 0 Å². The molecular weight excluding hydrogens is 415 g/mol. The fourth-order valence-corrected chi connectivity index (χ4v) is 3.44. The molecule has 2 aromatic carbocycles. The molecule has 0 aliphatic heterocycles. The van der Waals surface area contributed by atoms with E-state index < -0.39 is 6.10 Å². The van der Waals surface area contributed by atoms with Crippen LogP contribution < -0.4 is 0 Å². The third-order valence-electron chi connectivity index (χ3n) is 2.85. The monoisotopic (exact) mass is 422 g/mol. The molecule has 0 amide bonds. The molecule has 19 heavy (non-hydrogen) atoms. The van der Waals surface area contributed by atoms with E-state index in [2.05, 4.69) is 31.9 Å². The molecule has 0 spiro atoms. The first kappa shape index (κ1) is 15.3. The molecule has 1 N–H and O–H groups in total. The van der Waals surface area contributed by atoms with Gasteiger partial charge in [0.2, 0.25) is 0 Å². The van der Waals surface area contributed by atoms with Crippen LogP contribution in [0, 0.1) is 6.92 Å². The Labute approximate surface area is 138 Å². The zero-order valence-corrected chi connectivity index (χ0v) is 14.6. The number of rotatable bonds is 2. The molecule has 1 atom stereocenters. The first-order valence-electron chi connectivity index (χ1n) is 5.49. The van der Waals surface area contributed by atoms with Gasteiger partial charge in [0.1, 0.15) is 6.10 Å². The van der Waals surface area contributed by atoms with E-state index in [-0.39, 0.29) is 0 Å². The van der Waals surface area contributed by atoms with Crippen LogP contribution in [-0.4, -0.2) is 5.11 Å². The van der Waals surface area contributed by atoms with Crippen LogP contribution in [0.2, 0.25) is 10.0 Å². The third-order valence-corrected chi connectivity index (χ3v) is 5.05. The van der Waals surface area contributed by atoms with Crippen molar-refractivity contribution in [2.75, 3.05) is 0 Å². The molecule has 2 aromatic rings. The second kappa shape index (κ2) is 6.15. The van der Waals surface area contributed by atoms with E-state index in [1.165, 1.54) is 0 Å². The molecule has 0 bridgehead atoms. The van der Waals surface area contributed by atoms with Gasteiger partial charge in [0.15, 0.2) is 0 Å². The first-order chi connectivity index (χ1) is 8.91. The molecule has 0 saturated heterocycles. The van der Waals surface area contributed by atoms with Crippen LogP contribution in [0.25, 0.3) is 0 Å². The second-order valence-corrected chi connectivity index (χ2v) is 6.68. The van der Waals surface area contributed by atoms with Gasteiger partial charge < -0.3 is 5.11 Å². The van der Waals surface area contributed by atoms with Crippen LogP contribution in [0.1, 0.15) is 22.8 Å². The molecule has 0 aromatic heterocycles. The average molecular weight is 425 g/mol. The summed E-state index contributed by atoms with van der Waals surface area (Å²) < 4.78 is 1.74. The lowest BCUT2D eigenvalue weighted by molar-refractivity contribution is 0.219. The molecule has 100 valence electrons. The van der Waals surface area contributed by atoms with E-state index >= 15 is 0 Å². The van der Waals surface area contributed by atoms with Crippen molar-refractivity contribution in [1.29, 1.82) is 0 Å². The standard InChI is InChI=1S/C14H10Br2Cl2O/c1-7-5-10(16)8(6-9(7)15)14(19)13-11(17)3-2-4-12(13)18/h2-6,14,19H,1H3. The summed E-state index contributed by atoms with van der Waals surface area (Å²) in [6.07, 6.45) is -0.882. The highest BCUT2D eigenvalue weighted by Crippen LogP contribution is 2.38. The molecule has 0 fully saturated rings. The number of hydrogen-bond donors (Lipinski definition) is 1. The summed E-state index contributed by atoms with van der Waals surface area (Å²) in [4.78, 5) is 0. The van der Waals surface area contributed by atoms with Gasteiger partial charge in [0.05, 0.1) is 0 Å². The van der Waals surface area contributed by atoms with Crippen molar-refractivity contribution < 1.29 is 5.11 Å². The maximum absolute atomic E-state index is 10.5. The van der Waals surface area contributed by atoms with Gasteiger partial charge in [0.25, 0.3) is 0 Å². The lowest BCUT2D eigenvalue weighted by Crippen LogP contribution is -2.03. The highest BCUT2D eigenvalue weighted by molar-refractivity contribution is 9.11. The van der Waals surface area contributed by atoms with E-state index in [4.69, 9.17) is 23.2 Å². The van der Waals surface area contributed by atoms with Crippen LogP contribution in [0.4, 0.5) is 0 Å². The number of hydrogen-bond acceptors (Lipinski definition) is 1. The number of aliphatic hydroxyl groups excluding tert-OH is 1. The van der Waals surface area contributed by atoms with E-state index in [0.29, 0.717) is 21.2 Å². The maximum Gasteiger partial charge on any atom is 0.108 e. The number of benzene rings is 2. The minimum atomic E-state index is -0.882. The summed E-state index contributed by atoms with van der Waals surface area (Å²) in [5.74, 6) is 0. The molecule has 0 saturated carbocycles. The highest BCUT2D eigenvalue weighted by Gasteiger charge is 2.20. The van der Waals surface area contributed by atoms with Crippen molar-refractivity contribution in [3.63, 3.8) is 0 Å². The van der Waals surface area contributed by atoms with Crippen molar-refractivity contribution in [3.8, 4) is 0 Å². The van der Waals surface area contributed by atoms with Gasteiger partial charge >= 0.3 is 0 Å². The Morgan fingerprint density at radius 2 is 1.63 bits per heavy atom. The zero-order valence-electron chi connectivity index (χ0n) is 9.92. The van der Waals surface area contributed by atoms with Crippen LogP contribution in [0.3, 0.4) is 0 Å². The van der Waals surface area contributed by atoms with Crippen LogP contribution in [0.5, 0.6) is 0 Å². The summed E-state index contributed by atoms with van der Waals surface area (Å²) >= 11 is 19.2. The van der Waals surface area contributed by atoms with E-state index in [1.54, 1.807) is 18.2 Å². The van der Waals surface area contributed by atoms with E-state index in [1.807, 2.05) is 19.1 Å². The van der Waals surface area contributed by atoms with Gasteiger partial charge in [-0.1, -0.05) is 61.1 Å². The normalized spacial score (nSPS) is 12.5. The lowest BCUT2D eigenvalue weighted by Gasteiger charge is -2.17. The van der Waals surface area contributed by atoms with Gasteiger partial charge in [-0.3, -0.25) is 0 Å². The Morgan fingerprint density at radius 1 is 1.05 bits per heavy atom. The maximum atomic E-state index is 10.5. The Kier molecular flexibility index (Phi) is 4.96. The zero-order chi connectivity index (χ0) is 14.2. The van der Waals surface area contributed by atoms with Gasteiger partial charge in [-0.2, -0.15) is 0 Å². The molecular formula is C14H10Br2Cl2O. The lowest BCUT2D eigenvalue weighted by atomic mass is 10.0. The number of aryl methyl sites for hydroxylation is 1. The number of aliphatic hydroxyl groups is 1. The van der Waals surface area contributed by atoms with E-state index in [9.17, 15) is 5.11 Å². The summed E-state index contributed by atoms with van der Waals surface area (Å²) in [6.45, 7) is 1.98. The van der Waals surface area contributed by atoms with Crippen molar-refractivity contribution in [2.45, 2.75) is 13.0 Å². The van der Waals surface area contributed by atoms with Crippen LogP contribution in [-0.2, 0) is 0 Å². The third kappa shape index (κ3) is 3.17. The SMILES string of the molecule is Cc1cc(Br)c(C(O)c2c(Cl)cccc2Cl)cc1Br. The van der Waals surface area contributed by atoms with Gasteiger partial charge in [0, 0.05) is 30.1 Å². The number of halogens is 4. The Balaban J connectivity index is 2.56. The minimum absolute atomic E-state index is 0.448. The first-order valence-corrected chi connectivity index (χ1v) is 7.83.